The number of carbonyl (C=O) groups is 1. The molecular formula is C19H21N5O3S2. The molecule has 0 radical (unpaired) electrons. The topological polar surface area (TPSA) is 109 Å². The highest BCUT2D eigenvalue weighted by Crippen LogP contribution is 2.12. The zero-order valence-electron chi connectivity index (χ0n) is 15.8. The molecule has 1 heterocycles. The second-order valence-corrected chi connectivity index (χ2v) is 8.50. The van der Waals surface area contributed by atoms with Crippen LogP contribution in [0.5, 0.6) is 0 Å². The predicted octanol–water partition coefficient (Wildman–Crippen LogP) is 1.93. The van der Waals surface area contributed by atoms with Gasteiger partial charge in [0.2, 0.25) is 10.0 Å². The molecule has 29 heavy (non-hydrogen) atoms. The van der Waals surface area contributed by atoms with E-state index < -0.39 is 10.0 Å². The van der Waals surface area contributed by atoms with E-state index in [1.807, 2.05) is 30.3 Å². The van der Waals surface area contributed by atoms with Crippen molar-refractivity contribution in [3.63, 3.8) is 0 Å². The first-order valence-electron chi connectivity index (χ1n) is 8.89. The molecule has 0 spiro atoms. The summed E-state index contributed by atoms with van der Waals surface area (Å²) in [6.45, 7) is 0.515. The number of hydrogen-bond donors (Lipinski definition) is 3. The molecule has 0 aliphatic carbocycles. The van der Waals surface area contributed by atoms with Crippen molar-refractivity contribution in [2.75, 3.05) is 6.54 Å². The molecule has 0 aliphatic heterocycles. The van der Waals surface area contributed by atoms with Gasteiger partial charge in [-0.05, 0) is 36.0 Å². The highest BCUT2D eigenvalue weighted by Gasteiger charge is 2.16. The number of amides is 1. The second kappa shape index (κ2) is 9.12. The average molecular weight is 432 g/mol. The molecule has 0 atom stereocenters. The number of sulfonamides is 1. The molecule has 10 heteroatoms. The van der Waals surface area contributed by atoms with E-state index in [-0.39, 0.29) is 22.9 Å². The Kier molecular flexibility index (Phi) is 6.57. The SMILES string of the molecule is Cn1c(CCNC(=O)c2cccc(S(=O)(=O)NCc3ccccc3)c2)n[nH]c1=S. The van der Waals surface area contributed by atoms with Gasteiger partial charge >= 0.3 is 0 Å². The summed E-state index contributed by atoms with van der Waals surface area (Å²) in [5, 5.41) is 9.53. The standard InChI is InChI=1S/C19H21N5O3S2/c1-24-17(22-23-19(24)28)10-11-20-18(25)15-8-5-9-16(12-15)29(26,27)21-13-14-6-3-2-4-7-14/h2-9,12,21H,10-11,13H2,1H3,(H,20,25)(H,23,28). The lowest BCUT2D eigenvalue weighted by atomic mass is 10.2. The van der Waals surface area contributed by atoms with Gasteiger partial charge in [0.05, 0.1) is 4.90 Å². The van der Waals surface area contributed by atoms with Crippen LogP contribution in [0.2, 0.25) is 0 Å². The molecule has 0 saturated carbocycles. The number of hydrogen-bond acceptors (Lipinski definition) is 5. The van der Waals surface area contributed by atoms with Gasteiger partial charge in [0.25, 0.3) is 5.91 Å². The minimum atomic E-state index is -3.74. The average Bonchev–Trinajstić information content (AvgIpc) is 3.05. The summed E-state index contributed by atoms with van der Waals surface area (Å²) < 4.78 is 29.9. The molecule has 3 N–H and O–H groups in total. The molecule has 1 amide bonds. The minimum absolute atomic E-state index is 0.0375. The molecule has 0 fully saturated rings. The van der Waals surface area contributed by atoms with E-state index in [0.717, 1.165) is 11.4 Å². The highest BCUT2D eigenvalue weighted by molar-refractivity contribution is 7.89. The lowest BCUT2D eigenvalue weighted by Gasteiger charge is -2.09. The van der Waals surface area contributed by atoms with Crippen molar-refractivity contribution in [3.05, 3.63) is 76.3 Å². The Bertz CT molecular complexity index is 1150. The summed E-state index contributed by atoms with van der Waals surface area (Å²) in [5.41, 5.74) is 1.11. The van der Waals surface area contributed by atoms with E-state index in [2.05, 4.69) is 20.2 Å². The highest BCUT2D eigenvalue weighted by atomic mass is 32.2. The molecule has 2 aromatic carbocycles. The van der Waals surface area contributed by atoms with Crippen molar-refractivity contribution < 1.29 is 13.2 Å². The molecule has 1 aromatic heterocycles. The first-order chi connectivity index (χ1) is 13.9. The van der Waals surface area contributed by atoms with Crippen LogP contribution in [-0.2, 0) is 30.0 Å². The number of rotatable bonds is 8. The second-order valence-electron chi connectivity index (χ2n) is 6.35. The van der Waals surface area contributed by atoms with Gasteiger partial charge in [0, 0.05) is 32.1 Å². The number of aromatic amines is 1. The first kappa shape index (κ1) is 20.9. The third-order valence-electron chi connectivity index (χ3n) is 4.32. The van der Waals surface area contributed by atoms with Crippen molar-refractivity contribution in [1.82, 2.24) is 24.8 Å². The number of aromatic nitrogens is 3. The Labute approximate surface area is 174 Å². The predicted molar refractivity (Wildman–Crippen MR) is 111 cm³/mol. The van der Waals surface area contributed by atoms with Crippen LogP contribution in [0, 0.1) is 4.77 Å². The monoisotopic (exact) mass is 431 g/mol. The van der Waals surface area contributed by atoms with Gasteiger partial charge in [0.1, 0.15) is 5.82 Å². The zero-order valence-corrected chi connectivity index (χ0v) is 17.4. The van der Waals surface area contributed by atoms with Crippen LogP contribution < -0.4 is 10.0 Å². The van der Waals surface area contributed by atoms with Gasteiger partial charge in [-0.2, -0.15) is 5.10 Å². The molecule has 0 aliphatic rings. The van der Waals surface area contributed by atoms with E-state index in [4.69, 9.17) is 12.2 Å². The summed E-state index contributed by atoms with van der Waals surface area (Å²) in [4.78, 5) is 12.4. The molecule has 3 rings (SSSR count). The summed E-state index contributed by atoms with van der Waals surface area (Å²) in [5.74, 6) is 0.360. The Morgan fingerprint density at radius 3 is 2.62 bits per heavy atom. The largest absolute Gasteiger partial charge is 0.352 e. The number of H-pyrrole nitrogens is 1. The molecule has 0 bridgehead atoms. The summed E-state index contributed by atoms with van der Waals surface area (Å²) in [6, 6.07) is 15.1. The van der Waals surface area contributed by atoms with Gasteiger partial charge < -0.3 is 9.88 Å². The normalized spacial score (nSPS) is 11.3. The van der Waals surface area contributed by atoms with Crippen LogP contribution in [0.3, 0.4) is 0 Å². The van der Waals surface area contributed by atoms with Gasteiger partial charge in [-0.3, -0.25) is 9.89 Å². The third-order valence-corrected chi connectivity index (χ3v) is 6.09. The van der Waals surface area contributed by atoms with E-state index in [1.54, 1.807) is 23.7 Å². The van der Waals surface area contributed by atoms with Crippen LogP contribution in [0.1, 0.15) is 21.7 Å². The Morgan fingerprint density at radius 1 is 1.17 bits per heavy atom. The maximum absolute atomic E-state index is 12.6. The lowest BCUT2D eigenvalue weighted by molar-refractivity contribution is 0.0953. The van der Waals surface area contributed by atoms with E-state index >= 15 is 0 Å². The third kappa shape index (κ3) is 5.37. The summed E-state index contributed by atoms with van der Waals surface area (Å²) in [6.07, 6.45) is 0.492. The van der Waals surface area contributed by atoms with Crippen molar-refractivity contribution in [2.24, 2.45) is 7.05 Å². The van der Waals surface area contributed by atoms with Crippen LogP contribution in [0.15, 0.2) is 59.5 Å². The molecule has 152 valence electrons. The van der Waals surface area contributed by atoms with Gasteiger partial charge in [-0.1, -0.05) is 36.4 Å². The molecule has 0 saturated heterocycles. The Morgan fingerprint density at radius 2 is 1.93 bits per heavy atom. The lowest BCUT2D eigenvalue weighted by Crippen LogP contribution is -2.27. The zero-order chi connectivity index (χ0) is 20.9. The smallest absolute Gasteiger partial charge is 0.251 e. The first-order valence-corrected chi connectivity index (χ1v) is 10.8. The summed E-state index contributed by atoms with van der Waals surface area (Å²) in [7, 11) is -1.95. The van der Waals surface area contributed by atoms with Crippen molar-refractivity contribution in [1.29, 1.82) is 0 Å². The fourth-order valence-corrected chi connectivity index (χ4v) is 3.87. The van der Waals surface area contributed by atoms with Crippen molar-refractivity contribution in [2.45, 2.75) is 17.9 Å². The fraction of sp³-hybridized carbons (Fsp3) is 0.211. The summed E-state index contributed by atoms with van der Waals surface area (Å²) >= 11 is 5.05. The maximum Gasteiger partial charge on any atom is 0.251 e. The molecule has 3 aromatic rings. The fourth-order valence-electron chi connectivity index (χ4n) is 2.66. The Balaban J connectivity index is 1.62. The van der Waals surface area contributed by atoms with Gasteiger partial charge in [-0.15, -0.1) is 0 Å². The van der Waals surface area contributed by atoms with Crippen molar-refractivity contribution in [3.8, 4) is 0 Å². The van der Waals surface area contributed by atoms with Crippen molar-refractivity contribution >= 4 is 28.1 Å². The van der Waals surface area contributed by atoms with E-state index in [0.29, 0.717) is 17.7 Å². The Hall–Kier alpha value is -2.82. The number of nitrogens with zero attached hydrogens (tertiary/aromatic N) is 2. The number of benzene rings is 2. The van der Waals surface area contributed by atoms with E-state index in [1.165, 1.54) is 12.1 Å². The number of nitrogens with one attached hydrogen (secondary N) is 3. The quantitative estimate of drug-likeness (QED) is 0.472. The molecule has 0 unspecified atom stereocenters. The van der Waals surface area contributed by atoms with Crippen LogP contribution in [0.4, 0.5) is 0 Å². The van der Waals surface area contributed by atoms with E-state index in [9.17, 15) is 13.2 Å². The van der Waals surface area contributed by atoms with Gasteiger partial charge in [0.15, 0.2) is 4.77 Å². The molecular weight excluding hydrogens is 410 g/mol. The number of carbonyl (C=O) groups excluding carboxylic acids is 1. The van der Waals surface area contributed by atoms with Crippen LogP contribution in [-0.4, -0.2) is 35.6 Å². The minimum Gasteiger partial charge on any atom is -0.352 e. The maximum atomic E-state index is 12.6. The van der Waals surface area contributed by atoms with Crippen LogP contribution in [0.25, 0.3) is 0 Å². The molecule has 8 nitrogen and oxygen atoms in total. The van der Waals surface area contributed by atoms with Crippen LogP contribution >= 0.6 is 12.2 Å². The van der Waals surface area contributed by atoms with Gasteiger partial charge in [-0.25, -0.2) is 13.1 Å².